The van der Waals surface area contributed by atoms with E-state index in [1.807, 2.05) is 0 Å². The van der Waals surface area contributed by atoms with E-state index in [4.69, 9.17) is 20.3 Å². The maximum atomic E-state index is 12.5. The van der Waals surface area contributed by atoms with Gasteiger partial charge in [0, 0.05) is 6.07 Å². The highest BCUT2D eigenvalue weighted by molar-refractivity contribution is 6.08. The first-order valence-electron chi connectivity index (χ1n) is 7.82. The van der Waals surface area contributed by atoms with Crippen LogP contribution < -0.4 is 15.1 Å². The number of hydrogen-bond acceptors (Lipinski definition) is 5. The Bertz CT molecular complexity index is 928. The van der Waals surface area contributed by atoms with E-state index in [-0.39, 0.29) is 24.5 Å². The maximum Gasteiger partial charge on any atom is 0.351 e. The van der Waals surface area contributed by atoms with Crippen LogP contribution in [0.3, 0.4) is 0 Å². The van der Waals surface area contributed by atoms with Gasteiger partial charge in [-0.1, -0.05) is 36.8 Å². The van der Waals surface area contributed by atoms with E-state index in [1.54, 1.807) is 37.3 Å². The van der Waals surface area contributed by atoms with Crippen molar-refractivity contribution < 1.29 is 18.7 Å². The molecule has 1 aromatic heterocycles. The molecule has 0 N–H and O–H groups in total. The molecule has 0 amide bonds. The van der Waals surface area contributed by atoms with Crippen LogP contribution in [-0.2, 0) is 0 Å². The summed E-state index contributed by atoms with van der Waals surface area (Å²) >= 11 is 0. The molecule has 0 aliphatic heterocycles. The molecule has 0 radical (unpaired) electrons. The van der Waals surface area contributed by atoms with Gasteiger partial charge in [0.1, 0.15) is 36.0 Å². The zero-order valence-corrected chi connectivity index (χ0v) is 14.4. The molecule has 0 saturated carbocycles. The van der Waals surface area contributed by atoms with Gasteiger partial charge in [-0.15, -0.1) is 6.42 Å². The van der Waals surface area contributed by atoms with E-state index in [9.17, 15) is 9.59 Å². The van der Waals surface area contributed by atoms with Crippen molar-refractivity contribution in [3.8, 4) is 23.8 Å². The molecule has 0 aliphatic carbocycles. The van der Waals surface area contributed by atoms with Gasteiger partial charge < -0.3 is 13.9 Å². The Morgan fingerprint density at radius 2 is 2.15 bits per heavy atom. The highest BCUT2D eigenvalue weighted by Gasteiger charge is 2.17. The molecule has 0 spiro atoms. The first-order valence-corrected chi connectivity index (χ1v) is 7.82. The third kappa shape index (κ3) is 4.99. The molecule has 2 rings (SSSR count). The second kappa shape index (κ2) is 9.09. The Morgan fingerprint density at radius 1 is 1.35 bits per heavy atom. The van der Waals surface area contributed by atoms with E-state index in [0.717, 1.165) is 5.56 Å². The molecule has 1 aromatic carbocycles. The number of carbonyl (C=O) groups is 1. The average Bonchev–Trinajstić information content (AvgIpc) is 2.62. The number of ketones is 1. The molecular weight excluding hydrogens is 332 g/mol. The SMILES string of the molecule is C#CCOc1cccc(/C=C/C(=O)c2c(OCC=C)cc(C)oc2=O)c1. The molecule has 0 bridgehead atoms. The molecule has 1 heterocycles. The topological polar surface area (TPSA) is 65.7 Å². The zero-order valence-electron chi connectivity index (χ0n) is 14.4. The van der Waals surface area contributed by atoms with Gasteiger partial charge in [-0.25, -0.2) is 4.79 Å². The molecule has 0 unspecified atom stereocenters. The van der Waals surface area contributed by atoms with Crippen LogP contribution in [0, 0.1) is 19.3 Å². The van der Waals surface area contributed by atoms with Crippen molar-refractivity contribution in [2.75, 3.05) is 13.2 Å². The van der Waals surface area contributed by atoms with Gasteiger partial charge in [0.2, 0.25) is 0 Å². The lowest BCUT2D eigenvalue weighted by molar-refractivity contribution is 0.104. The van der Waals surface area contributed by atoms with Crippen LogP contribution >= 0.6 is 0 Å². The summed E-state index contributed by atoms with van der Waals surface area (Å²) < 4.78 is 15.8. The number of terminal acetylenes is 1. The largest absolute Gasteiger partial charge is 0.488 e. The van der Waals surface area contributed by atoms with Crippen molar-refractivity contribution >= 4 is 11.9 Å². The Balaban J connectivity index is 2.27. The third-order valence-electron chi connectivity index (χ3n) is 3.25. The summed E-state index contributed by atoms with van der Waals surface area (Å²) in [5.74, 6) is 2.97. The second-order valence-corrected chi connectivity index (χ2v) is 5.25. The minimum Gasteiger partial charge on any atom is -0.488 e. The van der Waals surface area contributed by atoms with E-state index >= 15 is 0 Å². The Kier molecular flexibility index (Phi) is 6.58. The first-order chi connectivity index (χ1) is 12.5. The minimum atomic E-state index is -0.746. The minimum absolute atomic E-state index is 0.153. The lowest BCUT2D eigenvalue weighted by Crippen LogP contribution is -2.15. The molecule has 0 saturated heterocycles. The van der Waals surface area contributed by atoms with Crippen molar-refractivity contribution in [3.05, 3.63) is 76.4 Å². The molecule has 0 aliphatic rings. The number of allylic oxidation sites excluding steroid dienone is 1. The number of aryl methyl sites for hydroxylation is 1. The number of hydrogen-bond donors (Lipinski definition) is 0. The van der Waals surface area contributed by atoms with Crippen LogP contribution in [0.1, 0.15) is 21.7 Å². The molecule has 5 heteroatoms. The van der Waals surface area contributed by atoms with Crippen LogP contribution in [-0.4, -0.2) is 19.0 Å². The average molecular weight is 350 g/mol. The standard InChI is InChI=1S/C21H18O5/c1-4-11-24-17-8-6-7-16(14-17)9-10-18(22)20-19(25-12-5-2)13-15(3)26-21(20)23/h1,5-10,13-14H,2,11-12H2,3H3/b10-9+. The third-order valence-corrected chi connectivity index (χ3v) is 3.25. The van der Waals surface area contributed by atoms with E-state index in [0.29, 0.717) is 11.5 Å². The van der Waals surface area contributed by atoms with Gasteiger partial charge in [-0.3, -0.25) is 4.79 Å². The molecule has 0 atom stereocenters. The van der Waals surface area contributed by atoms with Gasteiger partial charge >= 0.3 is 5.63 Å². The van der Waals surface area contributed by atoms with E-state index < -0.39 is 11.4 Å². The number of ether oxygens (including phenoxy) is 2. The molecule has 2 aromatic rings. The Hall–Kier alpha value is -3.52. The van der Waals surface area contributed by atoms with Crippen LogP contribution in [0.4, 0.5) is 0 Å². The van der Waals surface area contributed by atoms with Crippen molar-refractivity contribution in [1.29, 1.82) is 0 Å². The van der Waals surface area contributed by atoms with Gasteiger partial charge in [0.05, 0.1) is 0 Å². The molecule has 0 fully saturated rings. The van der Waals surface area contributed by atoms with Gasteiger partial charge in [-0.2, -0.15) is 0 Å². The van der Waals surface area contributed by atoms with Gasteiger partial charge in [0.15, 0.2) is 5.78 Å². The predicted octanol–water partition coefficient (Wildman–Crippen LogP) is 3.42. The van der Waals surface area contributed by atoms with E-state index in [2.05, 4.69) is 12.5 Å². The van der Waals surface area contributed by atoms with Crippen LogP contribution in [0.15, 0.2) is 58.3 Å². The van der Waals surface area contributed by atoms with Crippen molar-refractivity contribution in [2.24, 2.45) is 0 Å². The number of carbonyl (C=O) groups excluding carboxylic acids is 1. The smallest absolute Gasteiger partial charge is 0.351 e. The van der Waals surface area contributed by atoms with Crippen molar-refractivity contribution in [3.63, 3.8) is 0 Å². The molecule has 5 nitrogen and oxygen atoms in total. The zero-order chi connectivity index (χ0) is 18.9. The Labute approximate surface area is 151 Å². The predicted molar refractivity (Wildman–Crippen MR) is 99.5 cm³/mol. The summed E-state index contributed by atoms with van der Waals surface area (Å²) in [4.78, 5) is 24.6. The number of benzene rings is 1. The fourth-order valence-corrected chi connectivity index (χ4v) is 2.16. The number of rotatable bonds is 8. The summed E-state index contributed by atoms with van der Waals surface area (Å²) in [5, 5.41) is 0. The lowest BCUT2D eigenvalue weighted by Gasteiger charge is -2.07. The van der Waals surface area contributed by atoms with Crippen LogP contribution in [0.25, 0.3) is 6.08 Å². The monoisotopic (exact) mass is 350 g/mol. The summed E-state index contributed by atoms with van der Waals surface area (Å²) in [6, 6.07) is 8.55. The van der Waals surface area contributed by atoms with E-state index in [1.165, 1.54) is 18.2 Å². The van der Waals surface area contributed by atoms with Crippen molar-refractivity contribution in [1.82, 2.24) is 0 Å². The van der Waals surface area contributed by atoms with Gasteiger partial charge in [-0.05, 0) is 30.7 Å². The quantitative estimate of drug-likeness (QED) is 0.316. The van der Waals surface area contributed by atoms with Crippen LogP contribution in [0.5, 0.6) is 11.5 Å². The fraction of sp³-hybridized carbons (Fsp3) is 0.143. The highest BCUT2D eigenvalue weighted by Crippen LogP contribution is 2.19. The van der Waals surface area contributed by atoms with Gasteiger partial charge in [0.25, 0.3) is 0 Å². The summed E-state index contributed by atoms with van der Waals surface area (Å²) in [6.07, 6.45) is 9.54. The highest BCUT2D eigenvalue weighted by atomic mass is 16.5. The molecular formula is C21H18O5. The van der Waals surface area contributed by atoms with Crippen molar-refractivity contribution in [2.45, 2.75) is 6.92 Å². The Morgan fingerprint density at radius 3 is 2.88 bits per heavy atom. The second-order valence-electron chi connectivity index (χ2n) is 5.25. The first kappa shape index (κ1) is 18.8. The normalized spacial score (nSPS) is 10.3. The summed E-state index contributed by atoms with van der Waals surface area (Å²) in [6.45, 7) is 5.48. The lowest BCUT2D eigenvalue weighted by atomic mass is 10.1. The summed E-state index contributed by atoms with van der Waals surface area (Å²) in [5.41, 5.74) is -0.184. The molecule has 132 valence electrons. The fourth-order valence-electron chi connectivity index (χ4n) is 2.16. The van der Waals surface area contributed by atoms with Crippen LogP contribution in [0.2, 0.25) is 0 Å². The summed E-state index contributed by atoms with van der Waals surface area (Å²) in [7, 11) is 0. The molecule has 26 heavy (non-hydrogen) atoms. The maximum absolute atomic E-state index is 12.5.